The number of rotatable bonds is 3. The molecule has 0 aliphatic heterocycles. The number of amides is 1. The first-order chi connectivity index (χ1) is 7.41. The van der Waals surface area contributed by atoms with E-state index in [9.17, 15) is 13.6 Å². The van der Waals surface area contributed by atoms with E-state index in [1.807, 2.05) is 0 Å². The van der Waals surface area contributed by atoms with Crippen molar-refractivity contribution in [2.45, 2.75) is 6.43 Å². The third kappa shape index (κ3) is 3.42. The van der Waals surface area contributed by atoms with Gasteiger partial charge in [0.25, 0.3) is 12.3 Å². The molecule has 0 N–H and O–H groups in total. The van der Waals surface area contributed by atoms with Crippen molar-refractivity contribution in [2.24, 2.45) is 0 Å². The van der Waals surface area contributed by atoms with E-state index in [4.69, 9.17) is 11.6 Å². The van der Waals surface area contributed by atoms with E-state index in [2.05, 4.69) is 15.9 Å². The molecule has 0 saturated heterocycles. The third-order valence-electron chi connectivity index (χ3n) is 1.92. The van der Waals surface area contributed by atoms with E-state index in [1.54, 1.807) is 6.07 Å². The van der Waals surface area contributed by atoms with Crippen molar-refractivity contribution in [1.82, 2.24) is 4.90 Å². The quantitative estimate of drug-likeness (QED) is 0.837. The molecular formula is C10H9BrClF2NO. The van der Waals surface area contributed by atoms with Crippen LogP contribution >= 0.6 is 27.5 Å². The number of carbonyl (C=O) groups is 1. The average Bonchev–Trinajstić information content (AvgIpc) is 2.15. The predicted molar refractivity (Wildman–Crippen MR) is 62.1 cm³/mol. The highest BCUT2D eigenvalue weighted by atomic mass is 79.9. The molecule has 0 heterocycles. The first-order valence-electron chi connectivity index (χ1n) is 4.40. The second kappa shape index (κ2) is 5.59. The Labute approximate surface area is 105 Å². The van der Waals surface area contributed by atoms with Crippen LogP contribution in [0.2, 0.25) is 5.02 Å². The standard InChI is InChI=1S/C10H9BrClF2NO/c1-15(5-9(13)14)10(16)7-3-2-6(12)4-8(7)11/h2-4,9H,5H2,1H3. The van der Waals surface area contributed by atoms with Gasteiger partial charge >= 0.3 is 0 Å². The maximum Gasteiger partial charge on any atom is 0.255 e. The Kier molecular flexibility index (Phi) is 4.68. The van der Waals surface area contributed by atoms with Gasteiger partial charge in [-0.25, -0.2) is 8.78 Å². The van der Waals surface area contributed by atoms with Gasteiger partial charge in [0, 0.05) is 16.5 Å². The van der Waals surface area contributed by atoms with Gasteiger partial charge in [0.1, 0.15) is 0 Å². The van der Waals surface area contributed by atoms with Crippen molar-refractivity contribution < 1.29 is 13.6 Å². The van der Waals surface area contributed by atoms with Crippen LogP contribution in [-0.4, -0.2) is 30.8 Å². The van der Waals surface area contributed by atoms with Crippen LogP contribution in [0.4, 0.5) is 8.78 Å². The van der Waals surface area contributed by atoms with Gasteiger partial charge in [-0.1, -0.05) is 11.6 Å². The minimum absolute atomic E-state index is 0.313. The zero-order valence-electron chi connectivity index (χ0n) is 8.38. The molecule has 0 aromatic heterocycles. The lowest BCUT2D eigenvalue weighted by molar-refractivity contribution is 0.0619. The molecule has 2 nitrogen and oxygen atoms in total. The molecule has 88 valence electrons. The van der Waals surface area contributed by atoms with Gasteiger partial charge in [-0.05, 0) is 34.1 Å². The molecule has 0 atom stereocenters. The lowest BCUT2D eigenvalue weighted by Crippen LogP contribution is -2.31. The molecule has 1 amide bonds. The topological polar surface area (TPSA) is 20.3 Å². The first kappa shape index (κ1) is 13.4. The van der Waals surface area contributed by atoms with Crippen molar-refractivity contribution in [1.29, 1.82) is 0 Å². The van der Waals surface area contributed by atoms with Gasteiger partial charge in [0.2, 0.25) is 0 Å². The summed E-state index contributed by atoms with van der Waals surface area (Å²) in [7, 11) is 1.33. The Hall–Kier alpha value is -0.680. The number of nitrogens with zero attached hydrogens (tertiary/aromatic N) is 1. The number of alkyl halides is 2. The fourth-order valence-corrected chi connectivity index (χ4v) is 2.01. The summed E-state index contributed by atoms with van der Waals surface area (Å²) in [5.74, 6) is -0.469. The Balaban J connectivity index is 2.88. The van der Waals surface area contributed by atoms with E-state index in [-0.39, 0.29) is 0 Å². The van der Waals surface area contributed by atoms with Gasteiger partial charge in [0.15, 0.2) is 0 Å². The fraction of sp³-hybridized carbons (Fsp3) is 0.300. The summed E-state index contributed by atoms with van der Waals surface area (Å²) in [6.45, 7) is -0.589. The molecule has 0 unspecified atom stereocenters. The average molecular weight is 313 g/mol. The molecule has 0 aliphatic carbocycles. The van der Waals surface area contributed by atoms with Crippen LogP contribution in [0, 0.1) is 0 Å². The normalized spacial score (nSPS) is 10.6. The number of hydrogen-bond donors (Lipinski definition) is 0. The lowest BCUT2D eigenvalue weighted by atomic mass is 10.2. The van der Waals surface area contributed by atoms with Crippen molar-refractivity contribution in [3.05, 3.63) is 33.3 Å². The molecule has 0 aliphatic rings. The highest BCUT2D eigenvalue weighted by molar-refractivity contribution is 9.10. The first-order valence-corrected chi connectivity index (χ1v) is 5.57. The number of halogens is 4. The van der Waals surface area contributed by atoms with E-state index in [1.165, 1.54) is 19.2 Å². The van der Waals surface area contributed by atoms with Crippen molar-refractivity contribution in [3.8, 4) is 0 Å². The van der Waals surface area contributed by atoms with Crippen LogP contribution in [0.25, 0.3) is 0 Å². The lowest BCUT2D eigenvalue weighted by Gasteiger charge is -2.17. The number of carbonyl (C=O) groups excluding carboxylic acids is 1. The van der Waals surface area contributed by atoms with E-state index < -0.39 is 18.9 Å². The van der Waals surface area contributed by atoms with Gasteiger partial charge in [-0.2, -0.15) is 0 Å². The third-order valence-corrected chi connectivity index (χ3v) is 2.81. The molecule has 0 spiro atoms. The zero-order chi connectivity index (χ0) is 12.3. The van der Waals surface area contributed by atoms with E-state index in [0.29, 0.717) is 15.1 Å². The molecule has 16 heavy (non-hydrogen) atoms. The highest BCUT2D eigenvalue weighted by Gasteiger charge is 2.17. The maximum absolute atomic E-state index is 12.1. The van der Waals surface area contributed by atoms with Crippen molar-refractivity contribution >= 4 is 33.4 Å². The van der Waals surface area contributed by atoms with Gasteiger partial charge in [-0.3, -0.25) is 4.79 Å². The Morgan fingerprint density at radius 1 is 1.56 bits per heavy atom. The van der Waals surface area contributed by atoms with Crippen LogP contribution in [-0.2, 0) is 0 Å². The van der Waals surface area contributed by atoms with Gasteiger partial charge in [0.05, 0.1) is 12.1 Å². The Morgan fingerprint density at radius 3 is 2.69 bits per heavy atom. The molecule has 1 aromatic rings. The summed E-state index contributed by atoms with van der Waals surface area (Å²) in [4.78, 5) is 12.7. The number of benzene rings is 1. The predicted octanol–water partition coefficient (Wildman–Crippen LogP) is 3.44. The van der Waals surface area contributed by atoms with Crippen LogP contribution in [0.5, 0.6) is 0 Å². The fourth-order valence-electron chi connectivity index (χ4n) is 1.16. The van der Waals surface area contributed by atoms with Crippen LogP contribution in [0.15, 0.2) is 22.7 Å². The van der Waals surface area contributed by atoms with E-state index >= 15 is 0 Å². The highest BCUT2D eigenvalue weighted by Crippen LogP contribution is 2.22. The van der Waals surface area contributed by atoms with Crippen LogP contribution < -0.4 is 0 Å². The molecule has 0 saturated carbocycles. The molecule has 6 heteroatoms. The largest absolute Gasteiger partial charge is 0.336 e. The summed E-state index contributed by atoms with van der Waals surface area (Å²) >= 11 is 8.87. The summed E-state index contributed by atoms with van der Waals surface area (Å²) in [6, 6.07) is 4.58. The molecule has 1 rings (SSSR count). The smallest absolute Gasteiger partial charge is 0.255 e. The summed E-state index contributed by atoms with van der Waals surface area (Å²) in [6.07, 6.45) is -2.54. The molecule has 1 aromatic carbocycles. The van der Waals surface area contributed by atoms with Crippen molar-refractivity contribution in [3.63, 3.8) is 0 Å². The second-order valence-electron chi connectivity index (χ2n) is 3.20. The Morgan fingerprint density at radius 2 is 2.19 bits per heavy atom. The van der Waals surface area contributed by atoms with Crippen LogP contribution in [0.3, 0.4) is 0 Å². The van der Waals surface area contributed by atoms with Crippen molar-refractivity contribution in [2.75, 3.05) is 13.6 Å². The minimum atomic E-state index is -2.54. The molecule has 0 bridgehead atoms. The zero-order valence-corrected chi connectivity index (χ0v) is 10.7. The van der Waals surface area contributed by atoms with Gasteiger partial charge < -0.3 is 4.90 Å². The summed E-state index contributed by atoms with van der Waals surface area (Å²) < 4.78 is 24.7. The molecular weight excluding hydrogens is 303 g/mol. The maximum atomic E-state index is 12.1. The summed E-state index contributed by atoms with van der Waals surface area (Å²) in [5.41, 5.74) is 0.313. The monoisotopic (exact) mass is 311 g/mol. The summed E-state index contributed by atoms with van der Waals surface area (Å²) in [5, 5.41) is 0.472. The van der Waals surface area contributed by atoms with Gasteiger partial charge in [-0.15, -0.1) is 0 Å². The second-order valence-corrected chi connectivity index (χ2v) is 4.49. The minimum Gasteiger partial charge on any atom is -0.336 e. The molecule has 0 fully saturated rings. The van der Waals surface area contributed by atoms with Crippen LogP contribution in [0.1, 0.15) is 10.4 Å². The molecule has 0 radical (unpaired) electrons. The SMILES string of the molecule is CN(CC(F)F)C(=O)c1ccc(Cl)cc1Br. The number of hydrogen-bond acceptors (Lipinski definition) is 1. The Bertz CT molecular complexity index is 400. The van der Waals surface area contributed by atoms with E-state index in [0.717, 1.165) is 4.90 Å².